The van der Waals surface area contributed by atoms with Crippen LogP contribution in [0.2, 0.25) is 0 Å². The van der Waals surface area contributed by atoms with Gasteiger partial charge in [-0.15, -0.1) is 0 Å². The van der Waals surface area contributed by atoms with Crippen LogP contribution in [0.5, 0.6) is 0 Å². The minimum Gasteiger partial charge on any atom is -0.347 e. The molecule has 0 spiro atoms. The monoisotopic (exact) mass is 264 g/mol. The first-order valence-electron chi connectivity index (χ1n) is 7.78. The topological polar surface area (TPSA) is 52.7 Å². The quantitative estimate of drug-likeness (QED) is 0.740. The molecule has 108 valence electrons. The summed E-state index contributed by atoms with van der Waals surface area (Å²) in [6.45, 7) is 5.68. The third kappa shape index (κ3) is 4.62. The van der Waals surface area contributed by atoms with E-state index in [-0.39, 0.29) is 0 Å². The minimum atomic E-state index is 0.343. The Kier molecular flexibility index (Phi) is 5.86. The van der Waals surface area contributed by atoms with E-state index in [1.54, 1.807) is 0 Å². The summed E-state index contributed by atoms with van der Waals surface area (Å²) >= 11 is 0. The van der Waals surface area contributed by atoms with Gasteiger partial charge in [0, 0.05) is 24.5 Å². The van der Waals surface area contributed by atoms with Crippen molar-refractivity contribution in [3.8, 4) is 0 Å². The second-order valence-corrected chi connectivity index (χ2v) is 5.74. The molecule has 2 heterocycles. The summed E-state index contributed by atoms with van der Waals surface area (Å²) in [6.07, 6.45) is 11.4. The highest BCUT2D eigenvalue weighted by Gasteiger charge is 2.18. The van der Waals surface area contributed by atoms with Crippen molar-refractivity contribution in [2.45, 2.75) is 70.5 Å². The number of H-pyrrole nitrogens is 1. The Hall–Kier alpha value is -0.870. The number of aromatic amines is 1. The van der Waals surface area contributed by atoms with Gasteiger partial charge in [0.05, 0.1) is 6.04 Å². The maximum absolute atomic E-state index is 4.37. The Morgan fingerprint density at radius 3 is 3.05 bits per heavy atom. The smallest absolute Gasteiger partial charge is 0.123 e. The van der Waals surface area contributed by atoms with E-state index in [4.69, 9.17) is 0 Å². The molecule has 4 heteroatoms. The summed E-state index contributed by atoms with van der Waals surface area (Å²) < 4.78 is 0. The van der Waals surface area contributed by atoms with Gasteiger partial charge in [0.1, 0.15) is 5.82 Å². The highest BCUT2D eigenvalue weighted by Crippen LogP contribution is 2.16. The molecule has 0 aliphatic carbocycles. The van der Waals surface area contributed by atoms with Gasteiger partial charge < -0.3 is 15.6 Å². The van der Waals surface area contributed by atoms with Crippen molar-refractivity contribution in [3.63, 3.8) is 0 Å². The fourth-order valence-electron chi connectivity index (χ4n) is 3.00. The van der Waals surface area contributed by atoms with Crippen molar-refractivity contribution in [1.82, 2.24) is 20.6 Å². The second kappa shape index (κ2) is 7.65. The molecule has 1 saturated heterocycles. The van der Waals surface area contributed by atoms with Crippen molar-refractivity contribution in [2.24, 2.45) is 0 Å². The van der Waals surface area contributed by atoms with Crippen LogP contribution in [0.3, 0.4) is 0 Å². The van der Waals surface area contributed by atoms with Crippen LogP contribution in [0, 0.1) is 0 Å². The lowest BCUT2D eigenvalue weighted by Crippen LogP contribution is -2.38. The first-order valence-corrected chi connectivity index (χ1v) is 7.78. The van der Waals surface area contributed by atoms with Gasteiger partial charge in [-0.2, -0.15) is 0 Å². The number of rotatable bonds is 6. The molecule has 4 nitrogen and oxygen atoms in total. The lowest BCUT2D eigenvalue weighted by atomic mass is 10.0. The maximum atomic E-state index is 4.37. The molecule has 1 fully saturated rings. The van der Waals surface area contributed by atoms with Gasteiger partial charge in [-0.3, -0.25) is 0 Å². The molecule has 1 aliphatic rings. The van der Waals surface area contributed by atoms with Gasteiger partial charge in [-0.25, -0.2) is 4.98 Å². The molecule has 1 aliphatic heterocycles. The fraction of sp³-hybridized carbons (Fsp3) is 0.800. The predicted octanol–water partition coefficient (Wildman–Crippen LogP) is 2.76. The molecule has 2 rings (SSSR count). The van der Waals surface area contributed by atoms with Crippen LogP contribution in [-0.4, -0.2) is 28.6 Å². The molecule has 3 unspecified atom stereocenters. The molecule has 3 atom stereocenters. The zero-order chi connectivity index (χ0) is 13.5. The highest BCUT2D eigenvalue weighted by molar-refractivity contribution is 4.96. The first-order chi connectivity index (χ1) is 9.29. The molecule has 0 bridgehead atoms. The number of nitrogens with zero attached hydrogens (tertiary/aromatic N) is 1. The van der Waals surface area contributed by atoms with Crippen LogP contribution in [-0.2, 0) is 0 Å². The molecule has 3 N–H and O–H groups in total. The van der Waals surface area contributed by atoms with Gasteiger partial charge in [0.25, 0.3) is 0 Å². The van der Waals surface area contributed by atoms with Crippen LogP contribution < -0.4 is 10.6 Å². The van der Waals surface area contributed by atoms with E-state index in [9.17, 15) is 0 Å². The number of hydrogen-bond acceptors (Lipinski definition) is 3. The van der Waals surface area contributed by atoms with E-state index in [1.807, 2.05) is 12.4 Å². The highest BCUT2D eigenvalue weighted by atomic mass is 15.0. The fourth-order valence-corrected chi connectivity index (χ4v) is 3.00. The summed E-state index contributed by atoms with van der Waals surface area (Å²) in [4.78, 5) is 7.59. The van der Waals surface area contributed by atoms with Crippen molar-refractivity contribution in [2.75, 3.05) is 6.54 Å². The standard InChI is InChI=1S/C15H28N4/c1-3-14(15-17-9-10-18-15)19-12(2)11-13-7-5-4-6-8-16-13/h9-10,12-14,16,19H,3-8,11H2,1-2H3,(H,17,18). The minimum absolute atomic E-state index is 0.343. The molecular formula is C15H28N4. The first kappa shape index (κ1) is 14.5. The summed E-state index contributed by atoms with van der Waals surface area (Å²) in [6, 6.07) is 1.54. The average Bonchev–Trinajstić information content (AvgIpc) is 2.82. The maximum Gasteiger partial charge on any atom is 0.123 e. The Morgan fingerprint density at radius 1 is 1.42 bits per heavy atom. The third-order valence-electron chi connectivity index (χ3n) is 4.04. The average molecular weight is 264 g/mol. The molecule has 19 heavy (non-hydrogen) atoms. The lowest BCUT2D eigenvalue weighted by Gasteiger charge is -2.25. The largest absolute Gasteiger partial charge is 0.347 e. The number of nitrogens with one attached hydrogen (secondary N) is 3. The van der Waals surface area contributed by atoms with E-state index in [0.29, 0.717) is 18.1 Å². The van der Waals surface area contributed by atoms with Gasteiger partial charge in [0.15, 0.2) is 0 Å². The lowest BCUT2D eigenvalue weighted by molar-refractivity contribution is 0.362. The SMILES string of the molecule is CCC(NC(C)CC1CCCCCN1)c1ncc[nH]1. The van der Waals surface area contributed by atoms with Crippen molar-refractivity contribution >= 4 is 0 Å². The Labute approximate surface area is 116 Å². The zero-order valence-corrected chi connectivity index (χ0v) is 12.3. The van der Waals surface area contributed by atoms with E-state index < -0.39 is 0 Å². The van der Waals surface area contributed by atoms with Gasteiger partial charge >= 0.3 is 0 Å². The van der Waals surface area contributed by atoms with Crippen molar-refractivity contribution in [3.05, 3.63) is 18.2 Å². The second-order valence-electron chi connectivity index (χ2n) is 5.74. The summed E-state index contributed by atoms with van der Waals surface area (Å²) in [5.41, 5.74) is 0. The molecule has 1 aromatic heterocycles. The van der Waals surface area contributed by atoms with Gasteiger partial charge in [-0.1, -0.05) is 19.8 Å². The summed E-state index contributed by atoms with van der Waals surface area (Å²) in [5, 5.41) is 7.38. The third-order valence-corrected chi connectivity index (χ3v) is 4.04. The Morgan fingerprint density at radius 2 is 2.32 bits per heavy atom. The van der Waals surface area contributed by atoms with Crippen LogP contribution in [0.1, 0.15) is 64.2 Å². The normalized spacial score (nSPS) is 23.8. The summed E-state index contributed by atoms with van der Waals surface area (Å²) in [5.74, 6) is 1.06. The van der Waals surface area contributed by atoms with Crippen LogP contribution in [0.4, 0.5) is 0 Å². The summed E-state index contributed by atoms with van der Waals surface area (Å²) in [7, 11) is 0. The van der Waals surface area contributed by atoms with E-state index in [1.165, 1.54) is 38.6 Å². The molecule has 0 radical (unpaired) electrons. The molecule has 0 aromatic carbocycles. The predicted molar refractivity (Wildman–Crippen MR) is 79.1 cm³/mol. The molecule has 0 saturated carbocycles. The van der Waals surface area contributed by atoms with Crippen LogP contribution in [0.15, 0.2) is 12.4 Å². The number of hydrogen-bond donors (Lipinski definition) is 3. The van der Waals surface area contributed by atoms with Crippen molar-refractivity contribution in [1.29, 1.82) is 0 Å². The van der Waals surface area contributed by atoms with E-state index in [2.05, 4.69) is 34.4 Å². The Bertz CT molecular complexity index is 328. The molecular weight excluding hydrogens is 236 g/mol. The van der Waals surface area contributed by atoms with E-state index >= 15 is 0 Å². The number of aromatic nitrogens is 2. The van der Waals surface area contributed by atoms with Gasteiger partial charge in [-0.05, 0) is 39.2 Å². The molecule has 1 aromatic rings. The molecule has 0 amide bonds. The van der Waals surface area contributed by atoms with Crippen LogP contribution >= 0.6 is 0 Å². The van der Waals surface area contributed by atoms with Crippen LogP contribution in [0.25, 0.3) is 0 Å². The van der Waals surface area contributed by atoms with Crippen molar-refractivity contribution < 1.29 is 0 Å². The van der Waals surface area contributed by atoms with Gasteiger partial charge in [0.2, 0.25) is 0 Å². The van der Waals surface area contributed by atoms with E-state index in [0.717, 1.165) is 12.2 Å². The number of imidazole rings is 1. The zero-order valence-electron chi connectivity index (χ0n) is 12.3. The Balaban J connectivity index is 1.80.